The van der Waals surface area contributed by atoms with E-state index in [-0.39, 0.29) is 12.5 Å². The van der Waals surface area contributed by atoms with E-state index in [0.717, 1.165) is 16.7 Å². The van der Waals surface area contributed by atoms with Crippen LogP contribution in [0.4, 0.5) is 5.69 Å². The van der Waals surface area contributed by atoms with Gasteiger partial charge in [0.25, 0.3) is 5.91 Å². The topological polar surface area (TPSA) is 84.9 Å². The second-order valence-corrected chi connectivity index (χ2v) is 5.72. The van der Waals surface area contributed by atoms with Crippen LogP contribution in [0.25, 0.3) is 0 Å². The molecule has 6 heteroatoms. The normalized spacial score (nSPS) is 10.2. The van der Waals surface area contributed by atoms with Crippen molar-refractivity contribution < 1.29 is 24.2 Å². The van der Waals surface area contributed by atoms with Crippen molar-refractivity contribution in [2.24, 2.45) is 0 Å². The van der Waals surface area contributed by atoms with Crippen LogP contribution in [-0.2, 0) is 9.59 Å². The average Bonchev–Trinajstić information content (AvgIpc) is 2.54. The summed E-state index contributed by atoms with van der Waals surface area (Å²) in [7, 11) is 0. The summed E-state index contributed by atoms with van der Waals surface area (Å²) in [6, 6.07) is 10.8. The van der Waals surface area contributed by atoms with Crippen molar-refractivity contribution in [3.05, 3.63) is 53.1 Å². The summed E-state index contributed by atoms with van der Waals surface area (Å²) in [6.45, 7) is 5.16. The van der Waals surface area contributed by atoms with Crippen molar-refractivity contribution in [1.82, 2.24) is 0 Å². The molecule has 0 unspecified atom stereocenters. The molecule has 0 aliphatic rings. The van der Waals surface area contributed by atoms with E-state index in [2.05, 4.69) is 5.32 Å². The Morgan fingerprint density at radius 3 is 2.24 bits per heavy atom. The number of aryl methyl sites for hydroxylation is 3. The third-order valence-electron chi connectivity index (χ3n) is 3.59. The molecule has 0 bridgehead atoms. The minimum absolute atomic E-state index is 0.0948. The number of carbonyl (C=O) groups is 2. The molecule has 0 atom stereocenters. The van der Waals surface area contributed by atoms with E-state index < -0.39 is 12.6 Å². The highest BCUT2D eigenvalue weighted by atomic mass is 16.5. The molecule has 2 aromatic carbocycles. The minimum atomic E-state index is -1.04. The molecule has 2 rings (SSSR count). The van der Waals surface area contributed by atoms with Gasteiger partial charge in [-0.1, -0.05) is 18.2 Å². The molecule has 132 valence electrons. The van der Waals surface area contributed by atoms with Gasteiger partial charge in [-0.05, 0) is 55.7 Å². The fraction of sp³-hybridized carbons (Fsp3) is 0.263. The van der Waals surface area contributed by atoms with Crippen LogP contribution < -0.4 is 14.8 Å². The summed E-state index contributed by atoms with van der Waals surface area (Å²) in [4.78, 5) is 22.6. The Balaban J connectivity index is 1.95. The molecule has 0 aliphatic heterocycles. The zero-order valence-corrected chi connectivity index (χ0v) is 14.5. The zero-order chi connectivity index (χ0) is 18.4. The first kappa shape index (κ1) is 18.3. The molecule has 0 heterocycles. The number of hydrogen-bond donors (Lipinski definition) is 2. The maximum atomic E-state index is 12.1. The van der Waals surface area contributed by atoms with Crippen LogP contribution in [0, 0.1) is 20.8 Å². The molecule has 0 saturated heterocycles. The average molecular weight is 343 g/mol. The van der Waals surface area contributed by atoms with Gasteiger partial charge in [0.2, 0.25) is 0 Å². The SMILES string of the molecule is Cc1cc(OCC(=O)O)ccc1NC(=O)COc1c(C)cccc1C. The van der Waals surface area contributed by atoms with Crippen molar-refractivity contribution in [2.45, 2.75) is 20.8 Å². The molecular weight excluding hydrogens is 322 g/mol. The lowest BCUT2D eigenvalue weighted by molar-refractivity contribution is -0.139. The van der Waals surface area contributed by atoms with E-state index in [4.69, 9.17) is 14.6 Å². The number of hydrogen-bond acceptors (Lipinski definition) is 4. The molecule has 2 N–H and O–H groups in total. The number of carboxylic acids is 1. The number of rotatable bonds is 7. The van der Waals surface area contributed by atoms with Crippen LogP contribution in [0.2, 0.25) is 0 Å². The van der Waals surface area contributed by atoms with E-state index >= 15 is 0 Å². The molecule has 1 amide bonds. The summed E-state index contributed by atoms with van der Waals surface area (Å²) in [5, 5.41) is 11.4. The second kappa shape index (κ2) is 8.19. The predicted octanol–water partition coefficient (Wildman–Crippen LogP) is 3.09. The number of carboxylic acid groups (broad SMARTS) is 1. The molecule has 0 aliphatic carbocycles. The van der Waals surface area contributed by atoms with Gasteiger partial charge in [-0.15, -0.1) is 0 Å². The lowest BCUT2D eigenvalue weighted by Crippen LogP contribution is -2.21. The molecule has 0 aromatic heterocycles. The largest absolute Gasteiger partial charge is 0.483 e. The predicted molar refractivity (Wildman–Crippen MR) is 94.4 cm³/mol. The Kier molecular flexibility index (Phi) is 6.00. The van der Waals surface area contributed by atoms with Gasteiger partial charge in [0, 0.05) is 5.69 Å². The number of benzene rings is 2. The van der Waals surface area contributed by atoms with Crippen molar-refractivity contribution in [3.63, 3.8) is 0 Å². The summed E-state index contributed by atoms with van der Waals surface area (Å²) < 4.78 is 10.7. The van der Waals surface area contributed by atoms with Gasteiger partial charge < -0.3 is 19.9 Å². The van der Waals surface area contributed by atoms with Crippen molar-refractivity contribution in [2.75, 3.05) is 18.5 Å². The number of nitrogens with one attached hydrogen (secondary N) is 1. The van der Waals surface area contributed by atoms with Gasteiger partial charge in [0.05, 0.1) is 0 Å². The summed E-state index contributed by atoms with van der Waals surface area (Å²) in [5.74, 6) is -0.167. The van der Waals surface area contributed by atoms with E-state index in [1.807, 2.05) is 32.0 Å². The van der Waals surface area contributed by atoms with E-state index in [1.165, 1.54) is 0 Å². The molecule has 0 fully saturated rings. The van der Waals surface area contributed by atoms with Crippen LogP contribution in [0.1, 0.15) is 16.7 Å². The van der Waals surface area contributed by atoms with Gasteiger partial charge in [-0.2, -0.15) is 0 Å². The fourth-order valence-corrected chi connectivity index (χ4v) is 2.36. The van der Waals surface area contributed by atoms with Crippen LogP contribution in [0.15, 0.2) is 36.4 Å². The van der Waals surface area contributed by atoms with E-state index in [0.29, 0.717) is 17.2 Å². The van der Waals surface area contributed by atoms with Crippen LogP contribution in [0.3, 0.4) is 0 Å². The molecular formula is C19H21NO5. The smallest absolute Gasteiger partial charge is 0.341 e. The molecule has 0 spiro atoms. The molecule has 2 aromatic rings. The lowest BCUT2D eigenvalue weighted by Gasteiger charge is -2.13. The number of aliphatic carboxylic acids is 1. The lowest BCUT2D eigenvalue weighted by atomic mass is 10.1. The summed E-state index contributed by atoms with van der Waals surface area (Å²) in [6.07, 6.45) is 0. The third kappa shape index (κ3) is 5.24. The maximum Gasteiger partial charge on any atom is 0.341 e. The van der Waals surface area contributed by atoms with Gasteiger partial charge in [-0.25, -0.2) is 4.79 Å². The Hall–Kier alpha value is -3.02. The Morgan fingerprint density at radius 2 is 1.64 bits per heavy atom. The van der Waals surface area contributed by atoms with Crippen molar-refractivity contribution >= 4 is 17.6 Å². The van der Waals surface area contributed by atoms with Crippen LogP contribution in [-0.4, -0.2) is 30.2 Å². The van der Waals surface area contributed by atoms with Crippen molar-refractivity contribution in [1.29, 1.82) is 0 Å². The highest BCUT2D eigenvalue weighted by molar-refractivity contribution is 5.92. The Morgan fingerprint density at radius 1 is 0.960 bits per heavy atom. The maximum absolute atomic E-state index is 12.1. The summed E-state index contributed by atoms with van der Waals surface area (Å²) >= 11 is 0. The van der Waals surface area contributed by atoms with Gasteiger partial charge >= 0.3 is 5.97 Å². The fourth-order valence-electron chi connectivity index (χ4n) is 2.36. The number of carbonyl (C=O) groups excluding carboxylic acids is 1. The van der Waals surface area contributed by atoms with Crippen molar-refractivity contribution in [3.8, 4) is 11.5 Å². The quantitative estimate of drug-likeness (QED) is 0.807. The number of amides is 1. The number of para-hydroxylation sites is 1. The molecule has 0 saturated carbocycles. The Bertz CT molecular complexity index is 765. The number of anilines is 1. The van der Waals surface area contributed by atoms with Gasteiger partial charge in [-0.3, -0.25) is 4.79 Å². The second-order valence-electron chi connectivity index (χ2n) is 5.72. The third-order valence-corrected chi connectivity index (χ3v) is 3.59. The van der Waals surface area contributed by atoms with Gasteiger partial charge in [0.1, 0.15) is 11.5 Å². The highest BCUT2D eigenvalue weighted by Crippen LogP contribution is 2.23. The van der Waals surface area contributed by atoms with Crippen LogP contribution in [0.5, 0.6) is 11.5 Å². The number of ether oxygens (including phenoxy) is 2. The molecule has 25 heavy (non-hydrogen) atoms. The Labute approximate surface area is 146 Å². The van der Waals surface area contributed by atoms with Crippen LogP contribution >= 0.6 is 0 Å². The highest BCUT2D eigenvalue weighted by Gasteiger charge is 2.10. The van der Waals surface area contributed by atoms with Gasteiger partial charge in [0.15, 0.2) is 13.2 Å². The van der Waals surface area contributed by atoms with E-state index in [9.17, 15) is 9.59 Å². The first-order valence-electron chi connectivity index (χ1n) is 7.81. The zero-order valence-electron chi connectivity index (χ0n) is 14.5. The first-order chi connectivity index (χ1) is 11.9. The van der Waals surface area contributed by atoms with E-state index in [1.54, 1.807) is 25.1 Å². The standard InChI is InChI=1S/C19H21NO5/c1-12-5-4-6-13(2)19(12)25-10-17(21)20-16-8-7-15(9-14(16)3)24-11-18(22)23/h4-9H,10-11H2,1-3H3,(H,20,21)(H,22,23). The monoisotopic (exact) mass is 343 g/mol. The molecule has 0 radical (unpaired) electrons. The first-order valence-corrected chi connectivity index (χ1v) is 7.81. The summed E-state index contributed by atoms with van der Waals surface area (Å²) in [5.41, 5.74) is 3.34. The minimum Gasteiger partial charge on any atom is -0.483 e. The molecule has 6 nitrogen and oxygen atoms in total.